The maximum atomic E-state index is 12.1. The summed E-state index contributed by atoms with van der Waals surface area (Å²) in [6.07, 6.45) is 0.258. The Bertz CT molecular complexity index is 735. The molecule has 0 aliphatic rings. The molecular formula is C20H24ClN3O2. The zero-order chi connectivity index (χ0) is 18.9. The topological polar surface area (TPSA) is 61.4 Å². The minimum absolute atomic E-state index is 0.0473. The predicted molar refractivity (Wildman–Crippen MR) is 104 cm³/mol. The molecule has 1 atom stereocenters. The molecular weight excluding hydrogens is 350 g/mol. The molecule has 2 aromatic carbocycles. The van der Waals surface area contributed by atoms with Crippen molar-refractivity contribution in [2.75, 3.05) is 27.2 Å². The molecule has 0 aromatic heterocycles. The van der Waals surface area contributed by atoms with Crippen molar-refractivity contribution < 1.29 is 9.59 Å². The number of carbonyl (C=O) groups excluding carboxylic acids is 2. The first-order valence-electron chi connectivity index (χ1n) is 8.45. The number of hydrogen-bond donors (Lipinski definition) is 2. The number of nitrogens with one attached hydrogen (secondary N) is 2. The SMILES string of the molecule is CN(C)[C@@H](CNC(=O)CNC(=O)Cc1ccccc1)c1ccccc1Cl. The summed E-state index contributed by atoms with van der Waals surface area (Å²) in [4.78, 5) is 26.0. The molecule has 0 bridgehead atoms. The smallest absolute Gasteiger partial charge is 0.239 e. The third-order valence-corrected chi connectivity index (χ3v) is 4.38. The summed E-state index contributed by atoms with van der Waals surface area (Å²) in [6, 6.07) is 16.9. The van der Waals surface area contributed by atoms with Crippen LogP contribution >= 0.6 is 11.6 Å². The van der Waals surface area contributed by atoms with Crippen molar-refractivity contribution in [2.24, 2.45) is 0 Å². The van der Waals surface area contributed by atoms with Crippen LogP contribution in [0.15, 0.2) is 54.6 Å². The van der Waals surface area contributed by atoms with Crippen molar-refractivity contribution >= 4 is 23.4 Å². The van der Waals surface area contributed by atoms with Gasteiger partial charge in [0.1, 0.15) is 0 Å². The van der Waals surface area contributed by atoms with Crippen LogP contribution in [0.25, 0.3) is 0 Å². The van der Waals surface area contributed by atoms with Gasteiger partial charge < -0.3 is 15.5 Å². The number of amides is 2. The van der Waals surface area contributed by atoms with Crippen LogP contribution in [0, 0.1) is 0 Å². The van der Waals surface area contributed by atoms with Gasteiger partial charge >= 0.3 is 0 Å². The van der Waals surface area contributed by atoms with E-state index < -0.39 is 0 Å². The number of likely N-dealkylation sites (N-methyl/N-ethyl adjacent to an activating group) is 1. The second-order valence-electron chi connectivity index (χ2n) is 6.24. The van der Waals surface area contributed by atoms with Gasteiger partial charge in [0, 0.05) is 11.6 Å². The Labute approximate surface area is 159 Å². The average molecular weight is 374 g/mol. The fourth-order valence-corrected chi connectivity index (χ4v) is 2.87. The third kappa shape index (κ3) is 6.17. The van der Waals surface area contributed by atoms with E-state index in [0.717, 1.165) is 11.1 Å². The van der Waals surface area contributed by atoms with Crippen LogP contribution in [0.4, 0.5) is 0 Å². The highest BCUT2D eigenvalue weighted by Crippen LogP contribution is 2.25. The molecule has 0 radical (unpaired) electrons. The van der Waals surface area contributed by atoms with Gasteiger partial charge in [-0.15, -0.1) is 0 Å². The van der Waals surface area contributed by atoms with E-state index in [1.807, 2.05) is 73.6 Å². The summed E-state index contributed by atoms with van der Waals surface area (Å²) in [7, 11) is 3.86. The number of rotatable bonds is 8. The number of carbonyl (C=O) groups is 2. The lowest BCUT2D eigenvalue weighted by molar-refractivity contribution is -0.125. The molecule has 0 spiro atoms. The zero-order valence-electron chi connectivity index (χ0n) is 15.0. The van der Waals surface area contributed by atoms with Crippen LogP contribution in [0.5, 0.6) is 0 Å². The first kappa shape index (κ1) is 19.9. The molecule has 0 saturated carbocycles. The van der Waals surface area contributed by atoms with Crippen LogP contribution < -0.4 is 10.6 Å². The van der Waals surface area contributed by atoms with Gasteiger partial charge in [0.05, 0.1) is 19.0 Å². The van der Waals surface area contributed by atoms with Crippen LogP contribution in [0.3, 0.4) is 0 Å². The lowest BCUT2D eigenvalue weighted by Crippen LogP contribution is -2.41. The van der Waals surface area contributed by atoms with E-state index in [-0.39, 0.29) is 30.8 Å². The first-order valence-corrected chi connectivity index (χ1v) is 8.83. The van der Waals surface area contributed by atoms with Gasteiger partial charge in [0.15, 0.2) is 0 Å². The van der Waals surface area contributed by atoms with Gasteiger partial charge in [-0.25, -0.2) is 0 Å². The highest BCUT2D eigenvalue weighted by molar-refractivity contribution is 6.31. The van der Waals surface area contributed by atoms with Gasteiger partial charge in [-0.3, -0.25) is 9.59 Å². The number of hydrogen-bond acceptors (Lipinski definition) is 3. The highest BCUT2D eigenvalue weighted by Gasteiger charge is 2.18. The van der Waals surface area contributed by atoms with E-state index in [4.69, 9.17) is 11.6 Å². The molecule has 2 N–H and O–H groups in total. The van der Waals surface area contributed by atoms with Gasteiger partial charge in [-0.05, 0) is 31.3 Å². The largest absolute Gasteiger partial charge is 0.353 e. The van der Waals surface area contributed by atoms with Crippen molar-refractivity contribution in [3.8, 4) is 0 Å². The predicted octanol–water partition coefficient (Wildman–Crippen LogP) is 2.42. The molecule has 5 nitrogen and oxygen atoms in total. The minimum Gasteiger partial charge on any atom is -0.353 e. The van der Waals surface area contributed by atoms with Crippen LogP contribution in [0.1, 0.15) is 17.2 Å². The van der Waals surface area contributed by atoms with Crippen LogP contribution in [0.2, 0.25) is 5.02 Å². The van der Waals surface area contributed by atoms with Crippen molar-refractivity contribution in [2.45, 2.75) is 12.5 Å². The Balaban J connectivity index is 1.81. The van der Waals surface area contributed by atoms with Crippen molar-refractivity contribution in [3.63, 3.8) is 0 Å². The summed E-state index contributed by atoms with van der Waals surface area (Å²) >= 11 is 6.26. The average Bonchev–Trinajstić information content (AvgIpc) is 2.62. The van der Waals surface area contributed by atoms with E-state index in [1.165, 1.54) is 0 Å². The van der Waals surface area contributed by atoms with Crippen LogP contribution in [-0.4, -0.2) is 43.9 Å². The molecule has 0 aliphatic heterocycles. The maximum absolute atomic E-state index is 12.1. The normalized spacial score (nSPS) is 11.8. The Morgan fingerprint density at radius 2 is 1.62 bits per heavy atom. The van der Waals surface area contributed by atoms with Gasteiger partial charge in [0.2, 0.25) is 11.8 Å². The summed E-state index contributed by atoms with van der Waals surface area (Å²) in [5.74, 6) is -0.410. The van der Waals surface area contributed by atoms with E-state index in [9.17, 15) is 9.59 Å². The van der Waals surface area contributed by atoms with Gasteiger partial charge in [0.25, 0.3) is 0 Å². The molecule has 138 valence electrons. The fourth-order valence-electron chi connectivity index (χ4n) is 2.61. The Morgan fingerprint density at radius 1 is 0.962 bits per heavy atom. The fraction of sp³-hybridized carbons (Fsp3) is 0.300. The van der Waals surface area contributed by atoms with E-state index >= 15 is 0 Å². The Hall–Kier alpha value is -2.37. The molecule has 0 aliphatic carbocycles. The number of nitrogens with zero attached hydrogens (tertiary/aromatic N) is 1. The molecule has 0 fully saturated rings. The lowest BCUT2D eigenvalue weighted by Gasteiger charge is -2.26. The molecule has 2 aromatic rings. The quantitative estimate of drug-likeness (QED) is 0.747. The molecule has 0 heterocycles. The summed E-state index contributed by atoms with van der Waals surface area (Å²) in [5, 5.41) is 6.16. The highest BCUT2D eigenvalue weighted by atomic mass is 35.5. The Morgan fingerprint density at radius 3 is 2.27 bits per heavy atom. The molecule has 0 unspecified atom stereocenters. The number of halogens is 1. The summed E-state index contributed by atoms with van der Waals surface area (Å²) in [6.45, 7) is 0.360. The van der Waals surface area contributed by atoms with Gasteiger partial charge in [-0.2, -0.15) is 0 Å². The summed E-state index contributed by atoms with van der Waals surface area (Å²) < 4.78 is 0. The van der Waals surface area contributed by atoms with Crippen molar-refractivity contribution in [1.29, 1.82) is 0 Å². The van der Waals surface area contributed by atoms with Crippen LogP contribution in [-0.2, 0) is 16.0 Å². The second-order valence-corrected chi connectivity index (χ2v) is 6.65. The maximum Gasteiger partial charge on any atom is 0.239 e. The van der Waals surface area contributed by atoms with E-state index in [2.05, 4.69) is 10.6 Å². The molecule has 2 amide bonds. The van der Waals surface area contributed by atoms with E-state index in [1.54, 1.807) is 0 Å². The standard InChI is InChI=1S/C20H24ClN3O2/c1-24(2)18(16-10-6-7-11-17(16)21)13-22-20(26)14-23-19(25)12-15-8-4-3-5-9-15/h3-11,18H,12-14H2,1-2H3,(H,22,26)(H,23,25)/t18-/m0/s1. The lowest BCUT2D eigenvalue weighted by atomic mass is 10.1. The van der Waals surface area contributed by atoms with Gasteiger partial charge in [-0.1, -0.05) is 60.1 Å². The monoisotopic (exact) mass is 373 g/mol. The third-order valence-electron chi connectivity index (χ3n) is 4.03. The first-order chi connectivity index (χ1) is 12.5. The van der Waals surface area contributed by atoms with Crippen molar-refractivity contribution in [3.05, 3.63) is 70.7 Å². The minimum atomic E-state index is -0.231. The number of benzene rings is 2. The Kier molecular flexibility index (Phi) is 7.63. The summed E-state index contributed by atoms with van der Waals surface area (Å²) in [5.41, 5.74) is 1.87. The molecule has 26 heavy (non-hydrogen) atoms. The van der Waals surface area contributed by atoms with E-state index in [0.29, 0.717) is 11.6 Å². The molecule has 2 rings (SSSR count). The second kappa shape index (κ2) is 9.94. The zero-order valence-corrected chi connectivity index (χ0v) is 15.8. The molecule has 0 saturated heterocycles. The molecule has 6 heteroatoms. The van der Waals surface area contributed by atoms with Crippen molar-refractivity contribution in [1.82, 2.24) is 15.5 Å².